The first-order chi connectivity index (χ1) is 9.81. The molecule has 0 fully saturated rings. The molecule has 1 aliphatic carbocycles. The van der Waals surface area contributed by atoms with E-state index in [1.807, 2.05) is 30.3 Å². The van der Waals surface area contributed by atoms with Crippen LogP contribution < -0.4 is 5.32 Å². The quantitative estimate of drug-likeness (QED) is 0.904. The fourth-order valence-electron chi connectivity index (χ4n) is 2.78. The molecule has 0 spiro atoms. The number of carbonyl (C=O) groups is 1. The van der Waals surface area contributed by atoms with Crippen LogP contribution >= 0.6 is 0 Å². The molecule has 1 aliphatic rings. The molecule has 2 aromatic carbocycles. The predicted molar refractivity (Wildman–Crippen MR) is 80.5 cm³/mol. The van der Waals surface area contributed by atoms with Crippen molar-refractivity contribution < 1.29 is 4.79 Å². The van der Waals surface area contributed by atoms with E-state index >= 15 is 0 Å². The molecule has 3 rings (SSSR count). The van der Waals surface area contributed by atoms with Gasteiger partial charge in [0, 0.05) is 6.54 Å². The molecule has 0 unspecified atom stereocenters. The molecule has 0 radical (unpaired) electrons. The maximum absolute atomic E-state index is 12.0. The predicted octanol–water partition coefficient (Wildman–Crippen LogP) is 3.03. The molecule has 0 bridgehead atoms. The molecule has 0 heterocycles. The molecule has 1 N–H and O–H groups in total. The zero-order valence-corrected chi connectivity index (χ0v) is 11.6. The number of amides is 1. The molecule has 102 valence electrons. The van der Waals surface area contributed by atoms with Gasteiger partial charge in [-0.05, 0) is 41.5 Å². The molecule has 1 amide bonds. The molecule has 20 heavy (non-hydrogen) atoms. The van der Waals surface area contributed by atoms with E-state index in [1.54, 1.807) is 0 Å². The van der Waals surface area contributed by atoms with Crippen LogP contribution in [-0.4, -0.2) is 5.91 Å². The summed E-state index contributed by atoms with van der Waals surface area (Å²) in [5.41, 5.74) is 5.14. The van der Waals surface area contributed by atoms with Gasteiger partial charge in [0.15, 0.2) is 0 Å². The number of rotatable bonds is 4. The Labute approximate surface area is 119 Å². The van der Waals surface area contributed by atoms with Crippen molar-refractivity contribution in [1.29, 1.82) is 0 Å². The smallest absolute Gasteiger partial charge is 0.224 e. The van der Waals surface area contributed by atoms with Gasteiger partial charge in [-0.1, -0.05) is 48.5 Å². The summed E-state index contributed by atoms with van der Waals surface area (Å²) in [4.78, 5) is 12.0. The topological polar surface area (TPSA) is 29.1 Å². The number of hydrogen-bond acceptors (Lipinski definition) is 1. The highest BCUT2D eigenvalue weighted by Gasteiger charge is 2.12. The van der Waals surface area contributed by atoms with Gasteiger partial charge in [-0.2, -0.15) is 0 Å². The van der Waals surface area contributed by atoms with Crippen LogP contribution in [0.3, 0.4) is 0 Å². The van der Waals surface area contributed by atoms with Gasteiger partial charge in [0.2, 0.25) is 5.91 Å². The number of hydrogen-bond donors (Lipinski definition) is 1. The van der Waals surface area contributed by atoms with Gasteiger partial charge in [-0.25, -0.2) is 0 Å². The molecular formula is C18H19NO. The van der Waals surface area contributed by atoms with Crippen molar-refractivity contribution in [1.82, 2.24) is 5.32 Å². The van der Waals surface area contributed by atoms with Crippen LogP contribution in [0.2, 0.25) is 0 Å². The number of fused-ring (bicyclic) bond motifs is 1. The second kappa shape index (κ2) is 5.91. The maximum Gasteiger partial charge on any atom is 0.224 e. The summed E-state index contributed by atoms with van der Waals surface area (Å²) in [5, 5.41) is 2.98. The van der Waals surface area contributed by atoms with Gasteiger partial charge in [0.1, 0.15) is 0 Å². The third-order valence-corrected chi connectivity index (χ3v) is 3.86. The lowest BCUT2D eigenvalue weighted by molar-refractivity contribution is -0.120. The van der Waals surface area contributed by atoms with Crippen LogP contribution in [0.1, 0.15) is 28.7 Å². The van der Waals surface area contributed by atoms with Crippen molar-refractivity contribution >= 4 is 5.91 Å². The average Bonchev–Trinajstić information content (AvgIpc) is 2.94. The molecule has 2 heteroatoms. The lowest BCUT2D eigenvalue weighted by atomic mass is 10.0. The summed E-state index contributed by atoms with van der Waals surface area (Å²) >= 11 is 0. The Kier molecular flexibility index (Phi) is 3.82. The van der Waals surface area contributed by atoms with E-state index in [4.69, 9.17) is 0 Å². The summed E-state index contributed by atoms with van der Waals surface area (Å²) in [6, 6.07) is 16.5. The fraction of sp³-hybridized carbons (Fsp3) is 0.278. The monoisotopic (exact) mass is 265 g/mol. The van der Waals surface area contributed by atoms with Crippen LogP contribution in [0.15, 0.2) is 48.5 Å². The molecule has 0 aliphatic heterocycles. The minimum absolute atomic E-state index is 0.0896. The van der Waals surface area contributed by atoms with Gasteiger partial charge < -0.3 is 5.32 Å². The number of carbonyl (C=O) groups excluding carboxylic acids is 1. The minimum atomic E-state index is 0.0896. The average molecular weight is 265 g/mol. The lowest BCUT2D eigenvalue weighted by Gasteiger charge is -2.07. The van der Waals surface area contributed by atoms with Gasteiger partial charge >= 0.3 is 0 Å². The van der Waals surface area contributed by atoms with Crippen LogP contribution in [0.25, 0.3) is 0 Å². The number of benzene rings is 2. The zero-order chi connectivity index (χ0) is 13.8. The molecular weight excluding hydrogens is 246 g/mol. The molecule has 0 aromatic heterocycles. The van der Waals surface area contributed by atoms with Gasteiger partial charge in [-0.15, -0.1) is 0 Å². The third-order valence-electron chi connectivity index (χ3n) is 3.86. The maximum atomic E-state index is 12.0. The normalized spacial score (nSPS) is 13.0. The second-order valence-electron chi connectivity index (χ2n) is 5.40. The Morgan fingerprint density at radius 3 is 2.60 bits per heavy atom. The van der Waals surface area contributed by atoms with Crippen LogP contribution in [-0.2, 0) is 30.6 Å². The highest BCUT2D eigenvalue weighted by molar-refractivity contribution is 5.78. The van der Waals surface area contributed by atoms with E-state index in [9.17, 15) is 4.79 Å². The standard InChI is InChI=1S/C18H19NO/c20-18(19-13-14-5-2-1-3-6-14)12-15-9-10-16-7-4-8-17(16)11-15/h1-3,5-6,9-11H,4,7-8,12-13H2,(H,19,20). The summed E-state index contributed by atoms with van der Waals surface area (Å²) in [7, 11) is 0. The van der Waals surface area contributed by atoms with E-state index in [2.05, 4.69) is 23.5 Å². The Morgan fingerprint density at radius 2 is 1.75 bits per heavy atom. The van der Waals surface area contributed by atoms with Crippen molar-refractivity contribution in [2.24, 2.45) is 0 Å². The second-order valence-corrected chi connectivity index (χ2v) is 5.40. The Balaban J connectivity index is 1.56. The van der Waals surface area contributed by atoms with Gasteiger partial charge in [0.05, 0.1) is 6.42 Å². The molecule has 0 atom stereocenters. The first-order valence-corrected chi connectivity index (χ1v) is 7.22. The highest BCUT2D eigenvalue weighted by atomic mass is 16.1. The van der Waals surface area contributed by atoms with Gasteiger partial charge in [0.25, 0.3) is 0 Å². The lowest BCUT2D eigenvalue weighted by Crippen LogP contribution is -2.24. The zero-order valence-electron chi connectivity index (χ0n) is 11.6. The first-order valence-electron chi connectivity index (χ1n) is 7.22. The fourth-order valence-corrected chi connectivity index (χ4v) is 2.78. The Hall–Kier alpha value is -2.09. The van der Waals surface area contributed by atoms with E-state index < -0.39 is 0 Å². The Bertz CT molecular complexity index is 604. The van der Waals surface area contributed by atoms with E-state index in [0.717, 1.165) is 17.5 Å². The van der Waals surface area contributed by atoms with E-state index in [0.29, 0.717) is 13.0 Å². The van der Waals surface area contributed by atoms with Crippen molar-refractivity contribution in [3.63, 3.8) is 0 Å². The van der Waals surface area contributed by atoms with E-state index in [-0.39, 0.29) is 5.91 Å². The Morgan fingerprint density at radius 1 is 0.950 bits per heavy atom. The third kappa shape index (κ3) is 3.08. The summed E-state index contributed by atoms with van der Waals surface area (Å²) < 4.78 is 0. The molecule has 0 saturated heterocycles. The highest BCUT2D eigenvalue weighted by Crippen LogP contribution is 2.22. The van der Waals surface area contributed by atoms with Crippen LogP contribution in [0.4, 0.5) is 0 Å². The molecule has 2 nitrogen and oxygen atoms in total. The number of aryl methyl sites for hydroxylation is 2. The minimum Gasteiger partial charge on any atom is -0.352 e. The van der Waals surface area contributed by atoms with Crippen LogP contribution in [0.5, 0.6) is 0 Å². The van der Waals surface area contributed by atoms with Crippen molar-refractivity contribution in [2.75, 3.05) is 0 Å². The largest absolute Gasteiger partial charge is 0.352 e. The van der Waals surface area contributed by atoms with Crippen molar-refractivity contribution in [3.05, 3.63) is 70.8 Å². The van der Waals surface area contributed by atoms with E-state index in [1.165, 1.54) is 24.0 Å². The van der Waals surface area contributed by atoms with Crippen molar-refractivity contribution in [3.8, 4) is 0 Å². The molecule has 0 saturated carbocycles. The number of nitrogens with one attached hydrogen (secondary N) is 1. The van der Waals surface area contributed by atoms with Crippen molar-refractivity contribution in [2.45, 2.75) is 32.2 Å². The summed E-state index contributed by atoms with van der Waals surface area (Å²) in [6.45, 7) is 0.602. The van der Waals surface area contributed by atoms with Gasteiger partial charge in [-0.3, -0.25) is 4.79 Å². The van der Waals surface area contributed by atoms with Crippen LogP contribution in [0, 0.1) is 0 Å². The summed E-state index contributed by atoms with van der Waals surface area (Å²) in [6.07, 6.45) is 4.07. The molecule has 2 aromatic rings. The summed E-state index contributed by atoms with van der Waals surface area (Å²) in [5.74, 6) is 0.0896. The SMILES string of the molecule is O=C(Cc1ccc2c(c1)CCC2)NCc1ccccc1. The first kappa shape index (κ1) is 12.9.